The van der Waals surface area contributed by atoms with Crippen molar-refractivity contribution in [3.8, 4) is 0 Å². The predicted molar refractivity (Wildman–Crippen MR) is 72.7 cm³/mol. The molecule has 4 N–H and O–H groups in total. The molecule has 10 heteroatoms. The fourth-order valence-corrected chi connectivity index (χ4v) is 2.38. The number of rotatable bonds is 4. The molecule has 118 valence electrons. The van der Waals surface area contributed by atoms with E-state index in [-0.39, 0.29) is 12.4 Å². The van der Waals surface area contributed by atoms with Crippen LogP contribution in [0.5, 0.6) is 0 Å². The van der Waals surface area contributed by atoms with Gasteiger partial charge in [0.05, 0.1) is 19.0 Å². The summed E-state index contributed by atoms with van der Waals surface area (Å²) in [7, 11) is 0. The lowest BCUT2D eigenvalue weighted by Crippen LogP contribution is -2.24. The Hall–Kier alpha value is -2.14. The van der Waals surface area contributed by atoms with Crippen molar-refractivity contribution in [2.45, 2.75) is 24.9 Å². The van der Waals surface area contributed by atoms with Gasteiger partial charge in [-0.3, -0.25) is 9.36 Å². The van der Waals surface area contributed by atoms with Crippen LogP contribution in [-0.4, -0.2) is 66.2 Å². The van der Waals surface area contributed by atoms with Crippen LogP contribution >= 0.6 is 0 Å². The van der Waals surface area contributed by atoms with Gasteiger partial charge in [-0.2, -0.15) is 0 Å². The van der Waals surface area contributed by atoms with E-state index < -0.39 is 30.9 Å². The van der Waals surface area contributed by atoms with Gasteiger partial charge in [-0.15, -0.1) is 0 Å². The monoisotopic (exact) mass is 309 g/mol. The van der Waals surface area contributed by atoms with Crippen LogP contribution in [-0.2, 0) is 9.53 Å². The smallest absolute Gasteiger partial charge is 0.251 e. The molecule has 1 fully saturated rings. The Balaban J connectivity index is 1.93. The summed E-state index contributed by atoms with van der Waals surface area (Å²) in [6.07, 6.45) is 1.06. The van der Waals surface area contributed by atoms with Gasteiger partial charge in [0.2, 0.25) is 0 Å². The summed E-state index contributed by atoms with van der Waals surface area (Å²) in [5.74, 6) is -0.428. The molecule has 1 aliphatic rings. The number of carbonyl (C=O) groups excluding carboxylic acids is 1. The van der Waals surface area contributed by atoms with Crippen molar-refractivity contribution in [1.82, 2.24) is 19.5 Å². The number of aliphatic hydroxyl groups is 3. The number of aliphatic hydroxyl groups excluding tert-OH is 3. The number of carbonyl (C=O) groups is 1. The van der Waals surface area contributed by atoms with Crippen LogP contribution < -0.4 is 5.32 Å². The molecule has 2 aromatic rings. The Kier molecular flexibility index (Phi) is 3.98. The average molecular weight is 309 g/mol. The molecule has 3 atom stereocenters. The Morgan fingerprint density at radius 1 is 1.41 bits per heavy atom. The van der Waals surface area contributed by atoms with Gasteiger partial charge in [-0.1, -0.05) is 0 Å². The quantitative estimate of drug-likeness (QED) is 0.529. The third-order valence-corrected chi connectivity index (χ3v) is 3.45. The minimum absolute atomic E-state index is 0.181. The molecule has 1 aliphatic heterocycles. The highest BCUT2D eigenvalue weighted by molar-refractivity contribution is 5.97. The molecular weight excluding hydrogens is 294 g/mol. The lowest BCUT2D eigenvalue weighted by atomic mass is 10.2. The molecule has 0 spiro atoms. The standard InChI is InChI=1S/C12H15N5O5/c18-2-7-6(20)1-9(22-7)17-5-15-10-11(16-8(21)3-19)13-4-14-12(10)17/h4-7,9,18-20H,1-3H2,(H,13,14,16,21). The number of amides is 1. The molecule has 2 aromatic heterocycles. The molecule has 0 aromatic carbocycles. The second kappa shape index (κ2) is 5.93. The SMILES string of the molecule is O=C(CO)Nc1ncnc2c1ncn2C1CC(O)C(CO)O1. The molecule has 0 saturated carbocycles. The highest BCUT2D eigenvalue weighted by atomic mass is 16.5. The summed E-state index contributed by atoms with van der Waals surface area (Å²) in [6.45, 7) is -0.945. The van der Waals surface area contributed by atoms with Crippen LogP contribution in [0.4, 0.5) is 5.82 Å². The molecule has 1 saturated heterocycles. The van der Waals surface area contributed by atoms with E-state index in [9.17, 15) is 9.90 Å². The van der Waals surface area contributed by atoms with Crippen LogP contribution in [0, 0.1) is 0 Å². The number of ether oxygens (including phenoxy) is 1. The molecule has 3 rings (SSSR count). The van der Waals surface area contributed by atoms with E-state index in [2.05, 4.69) is 20.3 Å². The second-order valence-corrected chi connectivity index (χ2v) is 4.87. The van der Waals surface area contributed by atoms with E-state index in [0.717, 1.165) is 0 Å². The predicted octanol–water partition coefficient (Wildman–Crippen LogP) is -1.60. The van der Waals surface area contributed by atoms with Crippen molar-refractivity contribution in [2.75, 3.05) is 18.5 Å². The summed E-state index contributed by atoms with van der Waals surface area (Å²) in [5.41, 5.74) is 0.758. The largest absolute Gasteiger partial charge is 0.394 e. The maximum atomic E-state index is 11.3. The maximum absolute atomic E-state index is 11.3. The molecule has 10 nitrogen and oxygen atoms in total. The van der Waals surface area contributed by atoms with Crippen molar-refractivity contribution >= 4 is 22.9 Å². The minimum atomic E-state index is -0.775. The Morgan fingerprint density at radius 2 is 2.23 bits per heavy atom. The molecule has 0 radical (unpaired) electrons. The number of fused-ring (bicyclic) bond motifs is 1. The van der Waals surface area contributed by atoms with E-state index in [1.807, 2.05) is 0 Å². The number of imidazole rings is 1. The number of hydrogen-bond acceptors (Lipinski definition) is 8. The first-order valence-corrected chi connectivity index (χ1v) is 6.66. The Morgan fingerprint density at radius 3 is 2.91 bits per heavy atom. The van der Waals surface area contributed by atoms with Crippen molar-refractivity contribution in [1.29, 1.82) is 0 Å². The van der Waals surface area contributed by atoms with Gasteiger partial charge >= 0.3 is 0 Å². The number of nitrogens with zero attached hydrogens (tertiary/aromatic N) is 4. The van der Waals surface area contributed by atoms with Crippen LogP contribution in [0.25, 0.3) is 11.2 Å². The lowest BCUT2D eigenvalue weighted by molar-refractivity contribution is -0.118. The molecule has 0 bridgehead atoms. The first-order valence-electron chi connectivity index (χ1n) is 6.66. The van der Waals surface area contributed by atoms with Gasteiger partial charge in [0.25, 0.3) is 5.91 Å². The highest BCUT2D eigenvalue weighted by Gasteiger charge is 2.35. The van der Waals surface area contributed by atoms with E-state index in [0.29, 0.717) is 17.6 Å². The third-order valence-electron chi connectivity index (χ3n) is 3.45. The van der Waals surface area contributed by atoms with E-state index in [1.54, 1.807) is 4.57 Å². The molecule has 3 unspecified atom stereocenters. The van der Waals surface area contributed by atoms with Crippen molar-refractivity contribution < 1.29 is 24.9 Å². The normalized spacial score (nSPS) is 24.8. The first-order chi connectivity index (χ1) is 10.6. The summed E-state index contributed by atoms with van der Waals surface area (Å²) >= 11 is 0. The van der Waals surface area contributed by atoms with E-state index in [1.165, 1.54) is 12.7 Å². The summed E-state index contributed by atoms with van der Waals surface area (Å²) in [6, 6.07) is 0. The number of hydrogen-bond donors (Lipinski definition) is 4. The molecule has 0 aliphatic carbocycles. The van der Waals surface area contributed by atoms with Crippen molar-refractivity contribution in [3.05, 3.63) is 12.7 Å². The van der Waals surface area contributed by atoms with Gasteiger partial charge in [0.1, 0.15) is 25.3 Å². The van der Waals surface area contributed by atoms with E-state index >= 15 is 0 Å². The highest BCUT2D eigenvalue weighted by Crippen LogP contribution is 2.31. The molecule has 1 amide bonds. The van der Waals surface area contributed by atoms with Crippen molar-refractivity contribution in [2.24, 2.45) is 0 Å². The first kappa shape index (κ1) is 14.8. The van der Waals surface area contributed by atoms with Gasteiger partial charge in [0, 0.05) is 6.42 Å². The minimum Gasteiger partial charge on any atom is -0.394 e. The maximum Gasteiger partial charge on any atom is 0.251 e. The second-order valence-electron chi connectivity index (χ2n) is 4.87. The lowest BCUT2D eigenvalue weighted by Gasteiger charge is -2.13. The number of nitrogens with one attached hydrogen (secondary N) is 1. The summed E-state index contributed by atoms with van der Waals surface area (Å²) in [4.78, 5) is 23.4. The molecule has 3 heterocycles. The summed E-state index contributed by atoms with van der Waals surface area (Å²) < 4.78 is 7.15. The third kappa shape index (κ3) is 2.52. The Labute approximate surface area is 124 Å². The summed E-state index contributed by atoms with van der Waals surface area (Å²) in [5, 5.41) is 30.1. The van der Waals surface area contributed by atoms with Gasteiger partial charge < -0.3 is 25.4 Å². The van der Waals surface area contributed by atoms with Crippen LogP contribution in [0.2, 0.25) is 0 Å². The average Bonchev–Trinajstić information content (AvgIpc) is 3.10. The Bertz CT molecular complexity index is 690. The molecule has 22 heavy (non-hydrogen) atoms. The zero-order valence-corrected chi connectivity index (χ0v) is 11.5. The van der Waals surface area contributed by atoms with Gasteiger partial charge in [-0.25, -0.2) is 15.0 Å². The van der Waals surface area contributed by atoms with Crippen LogP contribution in [0.1, 0.15) is 12.6 Å². The van der Waals surface area contributed by atoms with Crippen LogP contribution in [0.15, 0.2) is 12.7 Å². The fourth-order valence-electron chi connectivity index (χ4n) is 2.38. The zero-order valence-electron chi connectivity index (χ0n) is 11.5. The van der Waals surface area contributed by atoms with Crippen molar-refractivity contribution in [3.63, 3.8) is 0 Å². The van der Waals surface area contributed by atoms with Gasteiger partial charge in [0.15, 0.2) is 17.0 Å². The fraction of sp³-hybridized carbons (Fsp3) is 0.500. The van der Waals surface area contributed by atoms with E-state index in [4.69, 9.17) is 14.9 Å². The van der Waals surface area contributed by atoms with Gasteiger partial charge in [-0.05, 0) is 0 Å². The van der Waals surface area contributed by atoms with Crippen LogP contribution in [0.3, 0.4) is 0 Å². The zero-order chi connectivity index (χ0) is 15.7. The topological polar surface area (TPSA) is 143 Å². The number of aromatic nitrogens is 4. The molecular formula is C12H15N5O5. The number of anilines is 1.